The number of aromatic amines is 1. The topological polar surface area (TPSA) is 66.0 Å². The molecule has 1 fully saturated rings. The number of nitrogens with one attached hydrogen (secondary N) is 2. The van der Waals surface area contributed by atoms with Crippen molar-refractivity contribution in [2.24, 2.45) is 0 Å². The van der Waals surface area contributed by atoms with Crippen LogP contribution >= 0.6 is 0 Å². The molecule has 146 valence electrons. The third-order valence-corrected chi connectivity index (χ3v) is 5.50. The molecule has 2 aromatic heterocycles. The zero-order chi connectivity index (χ0) is 19.8. The first-order valence-electron chi connectivity index (χ1n) is 9.95. The van der Waals surface area contributed by atoms with E-state index in [0.29, 0.717) is 5.39 Å². The highest BCUT2D eigenvalue weighted by molar-refractivity contribution is 5.82. The number of benzene rings is 2. The lowest BCUT2D eigenvalue weighted by Gasteiger charge is -2.29. The number of pyridine rings is 1. The SMILES string of the molecule is Cc1nn(-c2ccccc2)c2[nH]c(-c3ccc(N4CCNCC4)cc3)cc(=O)c12. The van der Waals surface area contributed by atoms with Gasteiger partial charge in [0.05, 0.1) is 22.5 Å². The van der Waals surface area contributed by atoms with Gasteiger partial charge in [0.1, 0.15) is 5.65 Å². The third-order valence-electron chi connectivity index (χ3n) is 5.50. The highest BCUT2D eigenvalue weighted by Gasteiger charge is 2.15. The van der Waals surface area contributed by atoms with Crippen molar-refractivity contribution in [1.82, 2.24) is 20.1 Å². The number of nitrogens with zero attached hydrogens (tertiary/aromatic N) is 3. The van der Waals surface area contributed by atoms with Crippen LogP contribution in [0.5, 0.6) is 0 Å². The molecule has 0 unspecified atom stereocenters. The van der Waals surface area contributed by atoms with E-state index in [1.807, 2.05) is 41.9 Å². The molecule has 0 amide bonds. The van der Waals surface area contributed by atoms with Crippen molar-refractivity contribution < 1.29 is 0 Å². The Kier molecular flexibility index (Phi) is 4.41. The van der Waals surface area contributed by atoms with Gasteiger partial charge < -0.3 is 15.2 Å². The molecule has 2 aromatic carbocycles. The monoisotopic (exact) mass is 385 g/mol. The van der Waals surface area contributed by atoms with Gasteiger partial charge in [0.2, 0.25) is 0 Å². The van der Waals surface area contributed by atoms with Crippen LogP contribution in [0, 0.1) is 6.92 Å². The molecule has 4 aromatic rings. The van der Waals surface area contributed by atoms with Crippen molar-refractivity contribution in [3.8, 4) is 16.9 Å². The molecule has 6 nitrogen and oxygen atoms in total. The van der Waals surface area contributed by atoms with E-state index < -0.39 is 0 Å². The summed E-state index contributed by atoms with van der Waals surface area (Å²) in [6.07, 6.45) is 0. The summed E-state index contributed by atoms with van der Waals surface area (Å²) in [7, 11) is 0. The number of hydrogen-bond acceptors (Lipinski definition) is 4. The van der Waals surface area contributed by atoms with Crippen molar-refractivity contribution in [1.29, 1.82) is 0 Å². The Morgan fingerprint density at radius 2 is 1.66 bits per heavy atom. The second kappa shape index (κ2) is 7.22. The molecule has 0 saturated carbocycles. The fourth-order valence-corrected chi connectivity index (χ4v) is 3.99. The fraction of sp³-hybridized carbons (Fsp3) is 0.217. The van der Waals surface area contributed by atoms with E-state index in [0.717, 1.165) is 54.5 Å². The van der Waals surface area contributed by atoms with Gasteiger partial charge in [-0.1, -0.05) is 30.3 Å². The Morgan fingerprint density at radius 1 is 0.931 bits per heavy atom. The molecule has 1 aliphatic heterocycles. The van der Waals surface area contributed by atoms with Crippen LogP contribution in [0.3, 0.4) is 0 Å². The zero-order valence-electron chi connectivity index (χ0n) is 16.4. The lowest BCUT2D eigenvalue weighted by Crippen LogP contribution is -2.43. The molecule has 0 atom stereocenters. The fourth-order valence-electron chi connectivity index (χ4n) is 3.99. The van der Waals surface area contributed by atoms with Crippen molar-refractivity contribution >= 4 is 16.7 Å². The Labute approximate surface area is 168 Å². The van der Waals surface area contributed by atoms with Gasteiger partial charge in [0, 0.05) is 37.9 Å². The highest BCUT2D eigenvalue weighted by atomic mass is 16.1. The van der Waals surface area contributed by atoms with Crippen LogP contribution in [0.4, 0.5) is 5.69 Å². The lowest BCUT2D eigenvalue weighted by atomic mass is 10.1. The van der Waals surface area contributed by atoms with Gasteiger partial charge in [0.15, 0.2) is 5.43 Å². The van der Waals surface area contributed by atoms with E-state index in [9.17, 15) is 4.79 Å². The Bertz CT molecular complexity index is 1200. The first-order chi connectivity index (χ1) is 14.2. The average Bonchev–Trinajstić information content (AvgIpc) is 3.12. The maximum absolute atomic E-state index is 12.9. The number of fused-ring (bicyclic) bond motifs is 1. The minimum absolute atomic E-state index is 0.0142. The minimum Gasteiger partial charge on any atom is -0.369 e. The van der Waals surface area contributed by atoms with Crippen molar-refractivity contribution in [2.75, 3.05) is 31.1 Å². The molecular formula is C23H23N5O. The van der Waals surface area contributed by atoms with E-state index in [1.54, 1.807) is 6.07 Å². The molecule has 2 N–H and O–H groups in total. The quantitative estimate of drug-likeness (QED) is 0.569. The van der Waals surface area contributed by atoms with Crippen LogP contribution in [0.25, 0.3) is 28.0 Å². The molecule has 0 spiro atoms. The maximum atomic E-state index is 12.9. The largest absolute Gasteiger partial charge is 0.369 e. The van der Waals surface area contributed by atoms with E-state index in [1.165, 1.54) is 5.69 Å². The zero-order valence-corrected chi connectivity index (χ0v) is 16.4. The predicted molar refractivity (Wildman–Crippen MR) is 117 cm³/mol. The minimum atomic E-state index is -0.0142. The molecule has 0 radical (unpaired) electrons. The standard InChI is InChI=1S/C23H23N5O/c1-16-22-21(29)15-20(25-23(22)28(26-16)19-5-3-2-4-6-19)17-7-9-18(10-8-17)27-13-11-24-12-14-27/h2-10,15,24H,11-14H2,1H3,(H,25,29). The smallest absolute Gasteiger partial charge is 0.193 e. The Morgan fingerprint density at radius 3 is 2.38 bits per heavy atom. The average molecular weight is 385 g/mol. The van der Waals surface area contributed by atoms with E-state index in [2.05, 4.69) is 44.6 Å². The summed E-state index contributed by atoms with van der Waals surface area (Å²) in [5.41, 5.74) is 5.36. The molecule has 0 aliphatic carbocycles. The molecule has 1 aliphatic rings. The van der Waals surface area contributed by atoms with Gasteiger partial charge in [-0.3, -0.25) is 4.79 Å². The first-order valence-corrected chi connectivity index (χ1v) is 9.95. The number of H-pyrrole nitrogens is 1. The third kappa shape index (κ3) is 3.21. The molecule has 29 heavy (non-hydrogen) atoms. The molecule has 5 rings (SSSR count). The number of rotatable bonds is 3. The highest BCUT2D eigenvalue weighted by Crippen LogP contribution is 2.24. The van der Waals surface area contributed by atoms with E-state index >= 15 is 0 Å². The summed E-state index contributed by atoms with van der Waals surface area (Å²) >= 11 is 0. The van der Waals surface area contributed by atoms with E-state index in [4.69, 9.17) is 0 Å². The normalized spacial score (nSPS) is 14.4. The summed E-state index contributed by atoms with van der Waals surface area (Å²) in [5, 5.41) is 8.61. The lowest BCUT2D eigenvalue weighted by molar-refractivity contribution is 0.589. The van der Waals surface area contributed by atoms with Gasteiger partial charge in [-0.05, 0) is 36.8 Å². The summed E-state index contributed by atoms with van der Waals surface area (Å²) in [4.78, 5) is 18.7. The number of aromatic nitrogens is 3. The molecule has 0 bridgehead atoms. The van der Waals surface area contributed by atoms with Gasteiger partial charge in [-0.2, -0.15) is 5.10 Å². The first kappa shape index (κ1) is 17.7. The Hall–Kier alpha value is -3.38. The Balaban J connectivity index is 1.58. The predicted octanol–water partition coefficient (Wildman–Crippen LogP) is 3.10. The van der Waals surface area contributed by atoms with Crippen LogP contribution in [0.15, 0.2) is 65.5 Å². The summed E-state index contributed by atoms with van der Waals surface area (Å²) < 4.78 is 1.81. The number of hydrogen-bond donors (Lipinski definition) is 2. The number of anilines is 1. The number of piperazine rings is 1. The van der Waals surface area contributed by atoms with Gasteiger partial charge in [0.25, 0.3) is 0 Å². The summed E-state index contributed by atoms with van der Waals surface area (Å²) in [6.45, 7) is 5.91. The molecule has 6 heteroatoms. The number of aryl methyl sites for hydroxylation is 1. The van der Waals surface area contributed by atoms with Crippen molar-refractivity contribution in [3.63, 3.8) is 0 Å². The van der Waals surface area contributed by atoms with Crippen molar-refractivity contribution in [2.45, 2.75) is 6.92 Å². The van der Waals surface area contributed by atoms with Gasteiger partial charge >= 0.3 is 0 Å². The second-order valence-corrected chi connectivity index (χ2v) is 7.39. The van der Waals surface area contributed by atoms with Crippen LogP contribution in [-0.4, -0.2) is 40.9 Å². The second-order valence-electron chi connectivity index (χ2n) is 7.39. The van der Waals surface area contributed by atoms with Crippen LogP contribution in [-0.2, 0) is 0 Å². The number of para-hydroxylation sites is 1. The molecule has 1 saturated heterocycles. The van der Waals surface area contributed by atoms with Gasteiger partial charge in [-0.25, -0.2) is 4.68 Å². The van der Waals surface area contributed by atoms with Crippen LogP contribution in [0.2, 0.25) is 0 Å². The van der Waals surface area contributed by atoms with Crippen LogP contribution in [0.1, 0.15) is 5.69 Å². The molecular weight excluding hydrogens is 362 g/mol. The molecule has 3 heterocycles. The van der Waals surface area contributed by atoms with Crippen molar-refractivity contribution in [3.05, 3.63) is 76.6 Å². The summed E-state index contributed by atoms with van der Waals surface area (Å²) in [5.74, 6) is 0. The van der Waals surface area contributed by atoms with Gasteiger partial charge in [-0.15, -0.1) is 0 Å². The van der Waals surface area contributed by atoms with Crippen LogP contribution < -0.4 is 15.6 Å². The maximum Gasteiger partial charge on any atom is 0.193 e. The van der Waals surface area contributed by atoms with E-state index in [-0.39, 0.29) is 5.43 Å². The summed E-state index contributed by atoms with van der Waals surface area (Å²) in [6, 6.07) is 19.9.